The second-order valence-corrected chi connectivity index (χ2v) is 19.8. The van der Waals surface area contributed by atoms with Crippen LogP contribution in [0.5, 0.6) is 11.5 Å². The van der Waals surface area contributed by atoms with Crippen molar-refractivity contribution >= 4 is 87.6 Å². The average molecular weight is 1120 g/mol. The Hall–Kier alpha value is -6.70. The van der Waals surface area contributed by atoms with Crippen LogP contribution in [0.4, 0.5) is 57.9 Å². The van der Waals surface area contributed by atoms with Crippen LogP contribution in [0.15, 0.2) is 66.7 Å². The molecule has 14 nitrogen and oxygen atoms in total. The smallest absolute Gasteiger partial charge is 0.418 e. The monoisotopic (exact) mass is 1120 g/mol. The molecule has 0 spiro atoms. The van der Waals surface area contributed by atoms with E-state index < -0.39 is 98.5 Å². The second kappa shape index (κ2) is 21.4. The van der Waals surface area contributed by atoms with Gasteiger partial charge in [0.2, 0.25) is 0 Å². The molecule has 4 aliphatic heterocycles. The van der Waals surface area contributed by atoms with Gasteiger partial charge in [0.05, 0.1) is 52.9 Å². The molecule has 0 saturated carbocycles. The fraction of sp³-hybridized carbons (Fsp3) is 0.392. The normalized spacial score (nSPS) is 18.8. The van der Waals surface area contributed by atoms with E-state index >= 15 is 22.0 Å². The summed E-state index contributed by atoms with van der Waals surface area (Å²) in [6.07, 6.45) is -10.0. The van der Waals surface area contributed by atoms with Crippen LogP contribution in [0, 0.1) is 34.3 Å². The van der Waals surface area contributed by atoms with Crippen molar-refractivity contribution in [3.8, 4) is 23.6 Å². The summed E-state index contributed by atoms with van der Waals surface area (Å²) in [5.74, 6) is -4.80. The van der Waals surface area contributed by atoms with Gasteiger partial charge < -0.3 is 29.3 Å². The molecular formula is C51H47ClF8N8O6S2. The number of piperidine rings is 2. The summed E-state index contributed by atoms with van der Waals surface area (Å²) in [4.78, 5) is 47.9. The third-order valence-electron chi connectivity index (χ3n) is 13.7. The molecule has 1 N–H and O–H groups in total. The standard InChI is InChI=1S/C51H46F8N8O6S2.ClH/c1-48(2)44(69)64(29-8-6-27(25-60)34(22-29)50(54,55)56)46(74)66(48)30-9-13-39(36(53)23-30)73-33-16-20-63(21-17-33)42(43(68)71-5)40-37(11-7-28(26-61)41(40)51(57,58)59)65-45(70)49(3,4)67(47(65)75)31-10-12-38(35(52)24-31)72-32-14-18-62-19-15-32;/h6-13,22-24,32-33,42,62H,14-21H2,1-5H3;1H. The summed E-state index contributed by atoms with van der Waals surface area (Å²) in [6.45, 7) is 6.80. The number of amides is 2. The van der Waals surface area contributed by atoms with E-state index in [2.05, 4.69) is 5.32 Å². The van der Waals surface area contributed by atoms with Crippen LogP contribution < -0.4 is 34.4 Å². The molecule has 25 heteroatoms. The Balaban J connectivity index is 0.00000840. The molecule has 4 saturated heterocycles. The van der Waals surface area contributed by atoms with Crippen LogP contribution >= 0.6 is 36.8 Å². The zero-order valence-corrected chi connectivity index (χ0v) is 43.5. The third kappa shape index (κ3) is 10.3. The Kier molecular flexibility index (Phi) is 16.0. The number of anilines is 4. The van der Waals surface area contributed by atoms with Gasteiger partial charge in [0.25, 0.3) is 11.8 Å². The van der Waals surface area contributed by atoms with Crippen molar-refractivity contribution in [1.82, 2.24) is 10.2 Å². The number of esters is 1. The molecule has 1 atom stereocenters. The summed E-state index contributed by atoms with van der Waals surface area (Å²) in [6, 6.07) is 13.3. The Labute approximate surface area is 448 Å². The number of carbonyl (C=O) groups is 3. The quantitative estimate of drug-likeness (QED) is 0.0861. The molecule has 4 heterocycles. The summed E-state index contributed by atoms with van der Waals surface area (Å²) in [7, 11) is 0.961. The van der Waals surface area contributed by atoms with Gasteiger partial charge in [-0.1, -0.05) is 0 Å². The van der Waals surface area contributed by atoms with Crippen molar-refractivity contribution in [1.29, 1.82) is 10.5 Å². The number of thiocarbonyl (C=S) groups is 2. The molecule has 8 rings (SSSR count). The van der Waals surface area contributed by atoms with Crippen LogP contribution in [0.25, 0.3) is 0 Å². The van der Waals surface area contributed by atoms with Gasteiger partial charge in [-0.3, -0.25) is 24.3 Å². The molecule has 0 bridgehead atoms. The van der Waals surface area contributed by atoms with Crippen LogP contribution in [-0.4, -0.2) is 89.5 Å². The Morgan fingerprint density at radius 2 is 1.17 bits per heavy atom. The van der Waals surface area contributed by atoms with Crippen molar-refractivity contribution in [3.63, 3.8) is 0 Å². The first-order valence-electron chi connectivity index (χ1n) is 23.3. The van der Waals surface area contributed by atoms with Crippen molar-refractivity contribution in [2.75, 3.05) is 52.9 Å². The van der Waals surface area contributed by atoms with Crippen molar-refractivity contribution in [2.24, 2.45) is 0 Å². The van der Waals surface area contributed by atoms with Gasteiger partial charge in [-0.15, -0.1) is 12.4 Å². The topological polar surface area (TPSA) is 155 Å². The Morgan fingerprint density at radius 3 is 1.64 bits per heavy atom. The molecule has 402 valence electrons. The molecule has 0 aliphatic carbocycles. The van der Waals surface area contributed by atoms with Gasteiger partial charge >= 0.3 is 18.3 Å². The van der Waals surface area contributed by atoms with Gasteiger partial charge in [-0.05, 0) is 146 Å². The highest BCUT2D eigenvalue weighted by Crippen LogP contribution is 2.48. The Bertz CT molecular complexity index is 3100. The van der Waals surface area contributed by atoms with Crippen LogP contribution in [0.1, 0.15) is 87.2 Å². The Morgan fingerprint density at radius 1 is 0.697 bits per heavy atom. The number of nitrogens with one attached hydrogen (secondary N) is 1. The maximum atomic E-state index is 16.1. The fourth-order valence-electron chi connectivity index (χ4n) is 9.91. The number of benzene rings is 4. The number of hydrogen-bond acceptors (Lipinski definition) is 12. The largest absolute Gasteiger partial charge is 0.487 e. The predicted molar refractivity (Wildman–Crippen MR) is 272 cm³/mol. The molecule has 0 aromatic heterocycles. The molecule has 4 aromatic rings. The number of likely N-dealkylation sites (tertiary alicyclic amines) is 1. The summed E-state index contributed by atoms with van der Waals surface area (Å²) < 4.78 is 137. The van der Waals surface area contributed by atoms with E-state index in [1.807, 2.05) is 0 Å². The number of carbonyl (C=O) groups excluding carboxylic acids is 3. The predicted octanol–water partition coefficient (Wildman–Crippen LogP) is 9.89. The van der Waals surface area contributed by atoms with E-state index in [4.69, 9.17) is 38.6 Å². The molecule has 2 amide bonds. The van der Waals surface area contributed by atoms with Crippen molar-refractivity contribution < 1.29 is 63.7 Å². The first-order valence-corrected chi connectivity index (χ1v) is 24.2. The number of nitriles is 2. The van der Waals surface area contributed by atoms with E-state index in [1.165, 1.54) is 72.7 Å². The van der Waals surface area contributed by atoms with E-state index in [1.54, 1.807) is 6.07 Å². The minimum absolute atomic E-state index is 0. The van der Waals surface area contributed by atoms with Gasteiger partial charge in [-0.2, -0.15) is 36.9 Å². The van der Waals surface area contributed by atoms with Crippen LogP contribution in [0.2, 0.25) is 0 Å². The molecule has 0 radical (unpaired) electrons. The maximum absolute atomic E-state index is 16.1. The van der Waals surface area contributed by atoms with E-state index in [0.717, 1.165) is 53.3 Å². The molecule has 4 aliphatic rings. The van der Waals surface area contributed by atoms with Gasteiger partial charge in [0.1, 0.15) is 29.3 Å². The minimum Gasteiger partial charge on any atom is -0.487 e. The average Bonchev–Trinajstić information content (AvgIpc) is 3.68. The number of hydrogen-bond donors (Lipinski definition) is 1. The van der Waals surface area contributed by atoms with Gasteiger partial charge in [-0.25, -0.2) is 13.6 Å². The lowest BCUT2D eigenvalue weighted by Gasteiger charge is -2.38. The first-order chi connectivity index (χ1) is 35.3. The number of ether oxygens (including phenoxy) is 3. The highest BCUT2D eigenvalue weighted by atomic mass is 35.5. The van der Waals surface area contributed by atoms with Crippen molar-refractivity contribution in [3.05, 3.63) is 106 Å². The number of halogens is 9. The SMILES string of the molecule is COC(=O)C(c1c(N2C(=O)C(C)(C)N(c3ccc(OC4CCNCC4)c(F)c3)C2=S)ccc(C#N)c1C(F)(F)F)N1CCC(Oc2ccc(N3C(=S)N(c4ccc(C#N)c(C(F)(F)F)c4)C(=O)C3(C)C)cc2F)CC1.Cl. The van der Waals surface area contributed by atoms with Crippen LogP contribution in [-0.2, 0) is 31.5 Å². The van der Waals surface area contributed by atoms with Gasteiger partial charge in [0, 0.05) is 42.2 Å². The number of nitrogens with zero attached hydrogens (tertiary/aromatic N) is 7. The van der Waals surface area contributed by atoms with Crippen molar-refractivity contribution in [2.45, 2.75) is 95.1 Å². The van der Waals surface area contributed by atoms with Crippen LogP contribution in [0.3, 0.4) is 0 Å². The zero-order valence-electron chi connectivity index (χ0n) is 41.1. The lowest BCUT2D eigenvalue weighted by atomic mass is 9.90. The molecule has 4 fully saturated rings. The summed E-state index contributed by atoms with van der Waals surface area (Å²) in [5.41, 5.74) is -8.98. The molecule has 1 unspecified atom stereocenters. The van der Waals surface area contributed by atoms with E-state index in [9.17, 15) is 38.1 Å². The first kappa shape index (κ1) is 57.0. The van der Waals surface area contributed by atoms with E-state index in [-0.39, 0.29) is 83.2 Å². The minimum atomic E-state index is -5.29. The molecule has 4 aromatic carbocycles. The lowest BCUT2D eigenvalue weighted by Crippen LogP contribution is -2.45. The summed E-state index contributed by atoms with van der Waals surface area (Å²) >= 11 is 11.4. The highest BCUT2D eigenvalue weighted by Gasteiger charge is 2.54. The second-order valence-electron chi connectivity index (χ2n) is 19.1. The summed E-state index contributed by atoms with van der Waals surface area (Å²) in [5, 5.41) is 21.9. The highest BCUT2D eigenvalue weighted by molar-refractivity contribution is 7.81. The van der Waals surface area contributed by atoms with Gasteiger partial charge in [0.15, 0.2) is 33.4 Å². The zero-order chi connectivity index (χ0) is 54.7. The molecule has 76 heavy (non-hydrogen) atoms. The maximum Gasteiger partial charge on any atom is 0.418 e. The fourth-order valence-corrected chi connectivity index (χ4v) is 11.0. The molecular weight excluding hydrogens is 1070 g/mol. The number of methoxy groups -OCH3 is 1. The lowest BCUT2D eigenvalue weighted by molar-refractivity contribution is -0.150. The number of alkyl halides is 6. The number of rotatable bonds is 11. The third-order valence-corrected chi connectivity index (χ3v) is 14.4. The van der Waals surface area contributed by atoms with E-state index in [0.29, 0.717) is 32.0 Å².